The third kappa shape index (κ3) is 2.84. The fraction of sp³-hybridized carbons (Fsp3) is 0.765. The predicted octanol–water partition coefficient (Wildman–Crippen LogP) is 5.61. The normalized spacial score (nSPS) is 17.6. The van der Waals surface area contributed by atoms with Crippen LogP contribution >= 0.6 is 0 Å². The van der Waals surface area contributed by atoms with E-state index in [-0.39, 0.29) is 0 Å². The van der Waals surface area contributed by atoms with Crippen molar-refractivity contribution in [2.45, 2.75) is 61.8 Å². The van der Waals surface area contributed by atoms with Crippen molar-refractivity contribution in [2.75, 3.05) is 0 Å². The Kier molecular flexibility index (Phi) is 4.63. The van der Waals surface area contributed by atoms with Gasteiger partial charge in [0.1, 0.15) is 0 Å². The maximum Gasteiger partial charge on any atom is -0.00912 e. The Morgan fingerprint density at radius 3 is 1.00 bits per heavy atom. The molecule has 0 aromatic heterocycles. The van der Waals surface area contributed by atoms with Crippen molar-refractivity contribution in [1.82, 2.24) is 0 Å². The van der Waals surface area contributed by atoms with Gasteiger partial charge in [-0.2, -0.15) is 0 Å². The van der Waals surface area contributed by atoms with Crippen molar-refractivity contribution in [3.63, 3.8) is 0 Å². The molecule has 1 aliphatic carbocycles. The van der Waals surface area contributed by atoms with Gasteiger partial charge in [-0.25, -0.2) is 0 Å². The molecule has 0 N–H and O–H groups in total. The van der Waals surface area contributed by atoms with Crippen LogP contribution in [-0.2, 0) is 0 Å². The molecule has 0 amide bonds. The largest absolute Gasteiger partial charge is 0.0598 e. The summed E-state index contributed by atoms with van der Waals surface area (Å²) in [5.41, 5.74) is 6.76. The second kappa shape index (κ2) is 5.42. The van der Waals surface area contributed by atoms with Crippen LogP contribution in [0.15, 0.2) is 22.3 Å². The molecule has 0 aliphatic heterocycles. The summed E-state index contributed by atoms with van der Waals surface area (Å²) in [4.78, 5) is 0. The first-order valence-electron chi connectivity index (χ1n) is 7.23. The molecule has 0 atom stereocenters. The van der Waals surface area contributed by atoms with Crippen LogP contribution < -0.4 is 0 Å². The molecule has 0 saturated heterocycles. The Morgan fingerprint density at radius 1 is 0.529 bits per heavy atom. The van der Waals surface area contributed by atoms with Gasteiger partial charge in [-0.05, 0) is 41.2 Å². The molecule has 0 radical (unpaired) electrons. The highest BCUT2D eigenvalue weighted by atomic mass is 14.3. The van der Waals surface area contributed by atoms with E-state index in [4.69, 9.17) is 0 Å². The second-order valence-corrected chi connectivity index (χ2v) is 6.67. The zero-order chi connectivity index (χ0) is 13.3. The van der Waals surface area contributed by atoms with Gasteiger partial charge < -0.3 is 0 Å². The molecule has 0 fully saturated rings. The summed E-state index contributed by atoms with van der Waals surface area (Å²) in [5, 5.41) is 0. The molecule has 0 bridgehead atoms. The van der Waals surface area contributed by atoms with E-state index >= 15 is 0 Å². The molecule has 1 aliphatic rings. The molecule has 1 rings (SSSR count). The van der Waals surface area contributed by atoms with Gasteiger partial charge in [0.2, 0.25) is 0 Å². The minimum atomic E-state index is 0.668. The van der Waals surface area contributed by atoms with Gasteiger partial charge in [0.15, 0.2) is 0 Å². The first-order chi connectivity index (χ1) is 7.77. The molecular formula is C17H30. The molecule has 0 aromatic carbocycles. The summed E-state index contributed by atoms with van der Waals surface area (Å²) >= 11 is 0. The average Bonchev–Trinajstić information content (AvgIpc) is 2.56. The van der Waals surface area contributed by atoms with Gasteiger partial charge in [-0.1, -0.05) is 66.5 Å². The van der Waals surface area contributed by atoms with Crippen molar-refractivity contribution < 1.29 is 0 Å². The molecule has 17 heavy (non-hydrogen) atoms. The summed E-state index contributed by atoms with van der Waals surface area (Å²) in [6.07, 6.45) is 1.23. The molecule has 0 aromatic rings. The van der Waals surface area contributed by atoms with E-state index in [2.05, 4.69) is 55.4 Å². The average molecular weight is 234 g/mol. The molecular weight excluding hydrogens is 204 g/mol. The second-order valence-electron chi connectivity index (χ2n) is 6.67. The van der Waals surface area contributed by atoms with E-state index in [1.807, 2.05) is 0 Å². The highest BCUT2D eigenvalue weighted by Gasteiger charge is 2.29. The summed E-state index contributed by atoms with van der Waals surface area (Å²) in [6, 6.07) is 0. The van der Waals surface area contributed by atoms with Gasteiger partial charge in [0.05, 0.1) is 0 Å². The van der Waals surface area contributed by atoms with Crippen LogP contribution in [0.1, 0.15) is 61.8 Å². The Hall–Kier alpha value is -0.520. The van der Waals surface area contributed by atoms with Gasteiger partial charge in [-0.15, -0.1) is 0 Å². The molecule has 0 nitrogen and oxygen atoms in total. The van der Waals surface area contributed by atoms with E-state index in [1.54, 1.807) is 22.3 Å². The topological polar surface area (TPSA) is 0 Å². The highest BCUT2D eigenvalue weighted by molar-refractivity contribution is 5.50. The van der Waals surface area contributed by atoms with E-state index in [0.717, 1.165) is 0 Å². The van der Waals surface area contributed by atoms with Crippen LogP contribution in [0, 0.1) is 23.7 Å². The maximum atomic E-state index is 2.35. The van der Waals surface area contributed by atoms with Crippen LogP contribution in [0.25, 0.3) is 0 Å². The Labute approximate surface area is 108 Å². The van der Waals surface area contributed by atoms with Crippen molar-refractivity contribution in [2.24, 2.45) is 23.7 Å². The summed E-state index contributed by atoms with van der Waals surface area (Å²) in [5.74, 6) is 2.72. The first-order valence-corrected chi connectivity index (χ1v) is 7.23. The van der Waals surface area contributed by atoms with Crippen molar-refractivity contribution in [3.8, 4) is 0 Å². The lowest BCUT2D eigenvalue weighted by atomic mass is 9.84. The minimum Gasteiger partial charge on any atom is -0.0598 e. The Balaban J connectivity index is 3.30. The zero-order valence-corrected chi connectivity index (χ0v) is 13.0. The SMILES string of the molecule is CC(C)C1=C(C(C)C)C(C(C)C)=C(C(C)C)C1. The van der Waals surface area contributed by atoms with Gasteiger partial charge >= 0.3 is 0 Å². The molecule has 0 heteroatoms. The molecule has 98 valence electrons. The Morgan fingerprint density at radius 2 is 0.824 bits per heavy atom. The summed E-state index contributed by atoms with van der Waals surface area (Å²) in [7, 11) is 0. The monoisotopic (exact) mass is 234 g/mol. The predicted molar refractivity (Wildman–Crippen MR) is 78.0 cm³/mol. The number of allylic oxidation sites excluding steroid dienone is 4. The quantitative estimate of drug-likeness (QED) is 0.593. The number of rotatable bonds is 4. The van der Waals surface area contributed by atoms with Crippen LogP contribution in [0.4, 0.5) is 0 Å². The Bertz CT molecular complexity index is 301. The third-order valence-corrected chi connectivity index (χ3v) is 3.91. The van der Waals surface area contributed by atoms with Gasteiger partial charge in [0, 0.05) is 0 Å². The number of hydrogen-bond acceptors (Lipinski definition) is 0. The standard InChI is InChI=1S/C17H30/c1-10(2)14-9-15(11(3)4)17(13(7)8)16(14)12(5)6/h10-13H,9H2,1-8H3. The van der Waals surface area contributed by atoms with Gasteiger partial charge in [0.25, 0.3) is 0 Å². The van der Waals surface area contributed by atoms with Crippen LogP contribution in [-0.4, -0.2) is 0 Å². The molecule has 0 saturated carbocycles. The molecule has 0 spiro atoms. The highest BCUT2D eigenvalue weighted by Crippen LogP contribution is 2.45. The van der Waals surface area contributed by atoms with Gasteiger partial charge in [-0.3, -0.25) is 0 Å². The fourth-order valence-electron chi connectivity index (χ4n) is 3.14. The van der Waals surface area contributed by atoms with Crippen molar-refractivity contribution in [1.29, 1.82) is 0 Å². The first kappa shape index (κ1) is 14.5. The maximum absolute atomic E-state index is 2.35. The zero-order valence-electron chi connectivity index (χ0n) is 13.0. The lowest BCUT2D eigenvalue weighted by Crippen LogP contribution is -2.07. The van der Waals surface area contributed by atoms with Crippen LogP contribution in [0.5, 0.6) is 0 Å². The smallest absolute Gasteiger partial charge is 0.00912 e. The third-order valence-electron chi connectivity index (χ3n) is 3.91. The van der Waals surface area contributed by atoms with E-state index in [9.17, 15) is 0 Å². The van der Waals surface area contributed by atoms with Crippen molar-refractivity contribution in [3.05, 3.63) is 22.3 Å². The summed E-state index contributed by atoms with van der Waals surface area (Å²) in [6.45, 7) is 18.8. The lowest BCUT2D eigenvalue weighted by molar-refractivity contribution is 0.669. The fourth-order valence-corrected chi connectivity index (χ4v) is 3.14. The summed E-state index contributed by atoms with van der Waals surface area (Å²) < 4.78 is 0. The van der Waals surface area contributed by atoms with Crippen LogP contribution in [0.3, 0.4) is 0 Å². The van der Waals surface area contributed by atoms with E-state index in [1.165, 1.54) is 6.42 Å². The molecule has 0 unspecified atom stereocenters. The van der Waals surface area contributed by atoms with E-state index < -0.39 is 0 Å². The number of hydrogen-bond donors (Lipinski definition) is 0. The van der Waals surface area contributed by atoms with Crippen LogP contribution in [0.2, 0.25) is 0 Å². The molecule has 0 heterocycles. The lowest BCUT2D eigenvalue weighted by Gasteiger charge is -2.21. The minimum absolute atomic E-state index is 0.668. The van der Waals surface area contributed by atoms with Crippen molar-refractivity contribution >= 4 is 0 Å². The van der Waals surface area contributed by atoms with E-state index in [0.29, 0.717) is 23.7 Å².